The summed E-state index contributed by atoms with van der Waals surface area (Å²) in [5, 5.41) is 0. The van der Waals surface area contributed by atoms with Crippen molar-refractivity contribution >= 4 is 22.6 Å². The Morgan fingerprint density at radius 2 is 1.70 bits per heavy atom. The minimum absolute atomic E-state index is 0.256. The van der Waals surface area contributed by atoms with Crippen molar-refractivity contribution in [2.75, 3.05) is 0 Å². The van der Waals surface area contributed by atoms with Gasteiger partial charge in [-0.1, -0.05) is 30.3 Å². The highest BCUT2D eigenvalue weighted by molar-refractivity contribution is 14.1. The van der Waals surface area contributed by atoms with Gasteiger partial charge in [0.2, 0.25) is 0 Å². The standard InChI is InChI=1S/C14H10F3IO2/c15-14(16,17)20-11-6-7-13(12(18)8-11)19-9-10-4-2-1-3-5-10/h1-8H,9H2. The van der Waals surface area contributed by atoms with E-state index in [1.807, 2.05) is 52.9 Å². The molecule has 2 aromatic carbocycles. The average molecular weight is 394 g/mol. The molecule has 0 aromatic heterocycles. The van der Waals surface area contributed by atoms with Gasteiger partial charge in [0.15, 0.2) is 0 Å². The van der Waals surface area contributed by atoms with E-state index >= 15 is 0 Å². The smallest absolute Gasteiger partial charge is 0.488 e. The number of rotatable bonds is 4. The highest BCUT2D eigenvalue weighted by atomic mass is 127. The summed E-state index contributed by atoms with van der Waals surface area (Å²) in [7, 11) is 0. The fourth-order valence-electron chi connectivity index (χ4n) is 1.53. The monoisotopic (exact) mass is 394 g/mol. The van der Waals surface area contributed by atoms with E-state index < -0.39 is 6.36 Å². The van der Waals surface area contributed by atoms with Gasteiger partial charge in [-0.05, 0) is 46.4 Å². The molecular formula is C14H10F3IO2. The van der Waals surface area contributed by atoms with E-state index in [9.17, 15) is 13.2 Å². The van der Waals surface area contributed by atoms with E-state index in [2.05, 4.69) is 4.74 Å². The largest absolute Gasteiger partial charge is 0.573 e. The van der Waals surface area contributed by atoms with E-state index in [1.54, 1.807) is 0 Å². The fraction of sp³-hybridized carbons (Fsp3) is 0.143. The number of hydrogen-bond acceptors (Lipinski definition) is 2. The summed E-state index contributed by atoms with van der Waals surface area (Å²) in [6.07, 6.45) is -4.69. The first-order chi connectivity index (χ1) is 9.44. The second-order valence-electron chi connectivity index (χ2n) is 3.91. The average Bonchev–Trinajstić information content (AvgIpc) is 2.37. The predicted molar refractivity (Wildman–Crippen MR) is 76.6 cm³/mol. The molecule has 0 saturated carbocycles. The molecule has 0 fully saturated rings. The SMILES string of the molecule is FC(F)(F)Oc1ccc(OCc2ccccc2)c(I)c1. The molecule has 0 spiro atoms. The van der Waals surface area contributed by atoms with Gasteiger partial charge in [0.25, 0.3) is 0 Å². The van der Waals surface area contributed by atoms with Gasteiger partial charge in [-0.25, -0.2) is 0 Å². The molecule has 2 rings (SSSR count). The second-order valence-corrected chi connectivity index (χ2v) is 5.08. The van der Waals surface area contributed by atoms with Crippen LogP contribution in [0.1, 0.15) is 5.56 Å². The van der Waals surface area contributed by atoms with Crippen LogP contribution < -0.4 is 9.47 Å². The van der Waals surface area contributed by atoms with Crippen LogP contribution in [0.2, 0.25) is 0 Å². The first-order valence-corrected chi connectivity index (χ1v) is 6.74. The van der Waals surface area contributed by atoms with Crippen LogP contribution in [0.25, 0.3) is 0 Å². The van der Waals surface area contributed by atoms with E-state index in [4.69, 9.17) is 4.74 Å². The van der Waals surface area contributed by atoms with Gasteiger partial charge in [-0.15, -0.1) is 13.2 Å². The molecule has 0 aliphatic rings. The highest BCUT2D eigenvalue weighted by Crippen LogP contribution is 2.29. The van der Waals surface area contributed by atoms with Gasteiger partial charge in [-0.3, -0.25) is 0 Å². The summed E-state index contributed by atoms with van der Waals surface area (Å²) in [5.74, 6) is 0.262. The fourth-order valence-corrected chi connectivity index (χ4v) is 2.17. The van der Waals surface area contributed by atoms with Crippen molar-refractivity contribution in [3.05, 3.63) is 57.7 Å². The van der Waals surface area contributed by atoms with Crippen LogP contribution in [0.3, 0.4) is 0 Å². The van der Waals surface area contributed by atoms with E-state index in [0.29, 0.717) is 15.9 Å². The van der Waals surface area contributed by atoms with Crippen molar-refractivity contribution in [3.63, 3.8) is 0 Å². The van der Waals surface area contributed by atoms with E-state index in [0.717, 1.165) is 5.56 Å². The molecule has 0 aliphatic heterocycles. The first kappa shape index (κ1) is 15.0. The quantitative estimate of drug-likeness (QED) is 0.696. The molecule has 20 heavy (non-hydrogen) atoms. The van der Waals surface area contributed by atoms with Gasteiger partial charge in [-0.2, -0.15) is 0 Å². The Morgan fingerprint density at radius 3 is 2.30 bits per heavy atom. The molecule has 0 aliphatic carbocycles. The number of ether oxygens (including phenoxy) is 2. The molecule has 0 saturated heterocycles. The Morgan fingerprint density at radius 1 is 1.00 bits per heavy atom. The van der Waals surface area contributed by atoms with Crippen molar-refractivity contribution < 1.29 is 22.6 Å². The van der Waals surface area contributed by atoms with Crippen LogP contribution in [-0.2, 0) is 6.61 Å². The van der Waals surface area contributed by atoms with E-state index in [-0.39, 0.29) is 5.75 Å². The summed E-state index contributed by atoms with van der Waals surface area (Å²) in [4.78, 5) is 0. The maximum atomic E-state index is 12.1. The van der Waals surface area contributed by atoms with Crippen molar-refractivity contribution in [1.82, 2.24) is 0 Å². The van der Waals surface area contributed by atoms with Crippen LogP contribution >= 0.6 is 22.6 Å². The number of benzene rings is 2. The molecule has 2 aromatic rings. The molecule has 106 valence electrons. The van der Waals surface area contributed by atoms with Crippen molar-refractivity contribution in [1.29, 1.82) is 0 Å². The summed E-state index contributed by atoms with van der Waals surface area (Å²) in [6, 6.07) is 13.5. The summed E-state index contributed by atoms with van der Waals surface area (Å²) >= 11 is 1.91. The molecule has 0 amide bonds. The minimum atomic E-state index is -4.69. The lowest BCUT2D eigenvalue weighted by molar-refractivity contribution is -0.274. The Bertz CT molecular complexity index is 570. The zero-order valence-corrected chi connectivity index (χ0v) is 12.3. The molecule has 0 atom stereocenters. The van der Waals surface area contributed by atoms with Crippen molar-refractivity contribution in [2.24, 2.45) is 0 Å². The van der Waals surface area contributed by atoms with Gasteiger partial charge >= 0.3 is 6.36 Å². The van der Waals surface area contributed by atoms with Crippen molar-refractivity contribution in [2.45, 2.75) is 13.0 Å². The Balaban J connectivity index is 2.03. The number of alkyl halides is 3. The molecule has 0 heterocycles. The highest BCUT2D eigenvalue weighted by Gasteiger charge is 2.31. The zero-order valence-electron chi connectivity index (χ0n) is 10.2. The van der Waals surface area contributed by atoms with Crippen LogP contribution in [0, 0.1) is 3.57 Å². The van der Waals surface area contributed by atoms with Crippen LogP contribution in [-0.4, -0.2) is 6.36 Å². The molecule has 6 heteroatoms. The Kier molecular flexibility index (Phi) is 4.74. The predicted octanol–water partition coefficient (Wildman–Crippen LogP) is 4.77. The topological polar surface area (TPSA) is 18.5 Å². The molecule has 0 unspecified atom stereocenters. The lowest BCUT2D eigenvalue weighted by Gasteiger charge is -2.12. The maximum absolute atomic E-state index is 12.1. The Labute approximate surface area is 127 Å². The lowest BCUT2D eigenvalue weighted by Crippen LogP contribution is -2.17. The lowest BCUT2D eigenvalue weighted by atomic mass is 10.2. The third-order valence-corrected chi connectivity index (χ3v) is 3.22. The number of halogens is 4. The summed E-state index contributed by atoms with van der Waals surface area (Å²) in [6.45, 7) is 0.357. The summed E-state index contributed by atoms with van der Waals surface area (Å²) in [5.41, 5.74) is 0.985. The minimum Gasteiger partial charge on any atom is -0.488 e. The van der Waals surface area contributed by atoms with Gasteiger partial charge in [0, 0.05) is 0 Å². The van der Waals surface area contributed by atoms with Crippen LogP contribution in [0.15, 0.2) is 48.5 Å². The summed E-state index contributed by atoms with van der Waals surface area (Å²) < 4.78 is 46.2. The van der Waals surface area contributed by atoms with Gasteiger partial charge in [0.1, 0.15) is 18.1 Å². The van der Waals surface area contributed by atoms with Crippen molar-refractivity contribution in [3.8, 4) is 11.5 Å². The van der Waals surface area contributed by atoms with Crippen LogP contribution in [0.5, 0.6) is 11.5 Å². The van der Waals surface area contributed by atoms with Gasteiger partial charge < -0.3 is 9.47 Å². The third kappa shape index (κ3) is 4.59. The normalized spacial score (nSPS) is 11.2. The van der Waals surface area contributed by atoms with E-state index in [1.165, 1.54) is 18.2 Å². The maximum Gasteiger partial charge on any atom is 0.573 e. The Hall–Kier alpha value is -1.44. The molecule has 0 N–H and O–H groups in total. The van der Waals surface area contributed by atoms with Gasteiger partial charge in [0.05, 0.1) is 3.57 Å². The molecule has 0 radical (unpaired) electrons. The molecular weight excluding hydrogens is 384 g/mol. The number of hydrogen-bond donors (Lipinski definition) is 0. The zero-order chi connectivity index (χ0) is 14.6. The first-order valence-electron chi connectivity index (χ1n) is 5.66. The molecule has 2 nitrogen and oxygen atoms in total. The van der Waals surface area contributed by atoms with Crippen LogP contribution in [0.4, 0.5) is 13.2 Å². The molecule has 0 bridgehead atoms. The third-order valence-electron chi connectivity index (χ3n) is 2.37. The second kappa shape index (κ2) is 6.34.